The van der Waals surface area contributed by atoms with Crippen molar-refractivity contribution in [3.05, 3.63) is 64.9 Å². The third kappa shape index (κ3) is 3.23. The molecule has 1 N–H and O–H groups in total. The largest absolute Gasteiger partial charge is 0.370 e. The van der Waals surface area contributed by atoms with E-state index in [0.29, 0.717) is 18.0 Å². The molecule has 1 atom stereocenters. The first-order valence-electron chi connectivity index (χ1n) is 6.64. The van der Waals surface area contributed by atoms with Gasteiger partial charge in [0, 0.05) is 17.1 Å². The van der Waals surface area contributed by atoms with Crippen LogP contribution in [0.1, 0.15) is 5.56 Å². The summed E-state index contributed by atoms with van der Waals surface area (Å²) in [6.45, 7) is 0.415. The van der Waals surface area contributed by atoms with Crippen molar-refractivity contribution in [2.45, 2.75) is 12.6 Å². The lowest BCUT2D eigenvalue weighted by molar-refractivity contribution is 0.202. The second-order valence-electron chi connectivity index (χ2n) is 4.92. The van der Waals surface area contributed by atoms with Gasteiger partial charge in [0.15, 0.2) is 6.23 Å². The van der Waals surface area contributed by atoms with Crippen LogP contribution < -0.4 is 4.90 Å². The van der Waals surface area contributed by atoms with Crippen molar-refractivity contribution in [3.63, 3.8) is 0 Å². The van der Waals surface area contributed by atoms with Gasteiger partial charge in [-0.3, -0.25) is 0 Å². The standard InChI is InChI=1S/C16H14ClFN2O/c17-12-3-7-14(8-4-12)20-10-16(21)19-15(20)9-11-1-5-13(18)6-2-11/h1-8,16,21H,9-10H2. The molecule has 2 aromatic rings. The van der Waals surface area contributed by atoms with Crippen LogP contribution in [-0.4, -0.2) is 23.7 Å². The van der Waals surface area contributed by atoms with Crippen LogP contribution in [0.25, 0.3) is 0 Å². The Balaban J connectivity index is 1.83. The summed E-state index contributed by atoms with van der Waals surface area (Å²) in [7, 11) is 0. The molecule has 1 unspecified atom stereocenters. The normalized spacial score (nSPS) is 18.0. The minimum atomic E-state index is -0.740. The molecule has 0 spiro atoms. The number of aliphatic hydroxyl groups excluding tert-OH is 1. The molecule has 21 heavy (non-hydrogen) atoms. The number of amidine groups is 1. The number of hydrogen-bond donors (Lipinski definition) is 1. The number of aliphatic hydroxyl groups is 1. The topological polar surface area (TPSA) is 35.8 Å². The molecule has 0 radical (unpaired) electrons. The first-order chi connectivity index (χ1) is 10.1. The maximum absolute atomic E-state index is 12.9. The summed E-state index contributed by atoms with van der Waals surface area (Å²) < 4.78 is 12.9. The molecule has 3 nitrogen and oxygen atoms in total. The van der Waals surface area contributed by atoms with Crippen molar-refractivity contribution in [1.82, 2.24) is 0 Å². The van der Waals surface area contributed by atoms with Crippen LogP contribution in [0.5, 0.6) is 0 Å². The van der Waals surface area contributed by atoms with Gasteiger partial charge in [-0.25, -0.2) is 9.38 Å². The van der Waals surface area contributed by atoms with Gasteiger partial charge in [0.1, 0.15) is 11.7 Å². The smallest absolute Gasteiger partial charge is 0.165 e. The van der Waals surface area contributed by atoms with Gasteiger partial charge < -0.3 is 10.0 Å². The molecule has 3 rings (SSSR count). The van der Waals surface area contributed by atoms with Crippen LogP contribution in [0, 0.1) is 5.82 Å². The van der Waals surface area contributed by atoms with Crippen LogP contribution in [0.3, 0.4) is 0 Å². The van der Waals surface area contributed by atoms with Gasteiger partial charge in [-0.05, 0) is 42.0 Å². The molecule has 0 saturated heterocycles. The summed E-state index contributed by atoms with van der Waals surface area (Å²) >= 11 is 5.89. The Bertz CT molecular complexity index is 655. The van der Waals surface area contributed by atoms with E-state index >= 15 is 0 Å². The molecule has 108 valence electrons. The number of rotatable bonds is 3. The van der Waals surface area contributed by atoms with Crippen molar-refractivity contribution in [1.29, 1.82) is 0 Å². The Kier molecular flexibility index (Phi) is 3.90. The zero-order chi connectivity index (χ0) is 14.8. The predicted octanol–water partition coefficient (Wildman–Crippen LogP) is 3.26. The maximum atomic E-state index is 12.9. The lowest BCUT2D eigenvalue weighted by Crippen LogP contribution is -2.30. The Morgan fingerprint density at radius 3 is 2.48 bits per heavy atom. The van der Waals surface area contributed by atoms with Crippen LogP contribution in [-0.2, 0) is 6.42 Å². The zero-order valence-corrected chi connectivity index (χ0v) is 12.0. The number of nitrogens with zero attached hydrogens (tertiary/aromatic N) is 2. The molecule has 1 heterocycles. The molecular formula is C16H14ClFN2O. The number of benzene rings is 2. The lowest BCUT2D eigenvalue weighted by Gasteiger charge is -2.20. The minimum absolute atomic E-state index is 0.262. The van der Waals surface area contributed by atoms with E-state index in [1.807, 2.05) is 17.0 Å². The SMILES string of the molecule is OC1CN(c2ccc(Cl)cc2)C(Cc2ccc(F)cc2)=N1. The number of anilines is 1. The monoisotopic (exact) mass is 304 g/mol. The highest BCUT2D eigenvalue weighted by Crippen LogP contribution is 2.23. The minimum Gasteiger partial charge on any atom is -0.370 e. The fourth-order valence-corrected chi connectivity index (χ4v) is 2.48. The van der Waals surface area contributed by atoms with Crippen molar-refractivity contribution >= 4 is 23.1 Å². The van der Waals surface area contributed by atoms with E-state index in [2.05, 4.69) is 4.99 Å². The van der Waals surface area contributed by atoms with Gasteiger partial charge in [-0.15, -0.1) is 0 Å². The highest BCUT2D eigenvalue weighted by molar-refractivity contribution is 6.30. The van der Waals surface area contributed by atoms with Crippen molar-refractivity contribution in [3.8, 4) is 0 Å². The summed E-state index contributed by atoms with van der Waals surface area (Å²) in [5.74, 6) is 0.498. The van der Waals surface area contributed by atoms with E-state index in [1.54, 1.807) is 24.3 Å². The second-order valence-corrected chi connectivity index (χ2v) is 5.35. The first-order valence-corrected chi connectivity index (χ1v) is 7.02. The summed E-state index contributed by atoms with van der Waals surface area (Å²) in [6, 6.07) is 13.7. The highest BCUT2D eigenvalue weighted by atomic mass is 35.5. The molecule has 0 aromatic heterocycles. The Morgan fingerprint density at radius 1 is 1.14 bits per heavy atom. The predicted molar refractivity (Wildman–Crippen MR) is 82.3 cm³/mol. The molecule has 5 heteroatoms. The molecule has 1 aliphatic heterocycles. The average Bonchev–Trinajstić information content (AvgIpc) is 2.83. The van der Waals surface area contributed by atoms with Crippen molar-refractivity contribution < 1.29 is 9.50 Å². The summed E-state index contributed by atoms with van der Waals surface area (Å²) in [5.41, 5.74) is 1.88. The molecular weight excluding hydrogens is 291 g/mol. The van der Waals surface area contributed by atoms with Crippen LogP contribution >= 0.6 is 11.6 Å². The Hall–Kier alpha value is -1.91. The van der Waals surface area contributed by atoms with Crippen LogP contribution in [0.15, 0.2) is 53.5 Å². The van der Waals surface area contributed by atoms with Gasteiger partial charge in [0.05, 0.1) is 6.54 Å². The van der Waals surface area contributed by atoms with E-state index in [0.717, 1.165) is 17.1 Å². The number of hydrogen-bond acceptors (Lipinski definition) is 3. The van der Waals surface area contributed by atoms with Gasteiger partial charge in [0.2, 0.25) is 0 Å². The van der Waals surface area contributed by atoms with E-state index in [1.165, 1.54) is 12.1 Å². The third-order valence-electron chi connectivity index (χ3n) is 3.37. The lowest BCUT2D eigenvalue weighted by atomic mass is 10.1. The Labute approximate surface area is 127 Å². The molecule has 0 aliphatic carbocycles. The zero-order valence-electron chi connectivity index (χ0n) is 11.2. The van der Waals surface area contributed by atoms with Gasteiger partial charge >= 0.3 is 0 Å². The summed E-state index contributed by atoms with van der Waals surface area (Å²) in [4.78, 5) is 6.21. The average molecular weight is 305 g/mol. The van der Waals surface area contributed by atoms with Crippen LogP contribution in [0.4, 0.5) is 10.1 Å². The van der Waals surface area contributed by atoms with Crippen molar-refractivity contribution in [2.24, 2.45) is 4.99 Å². The summed E-state index contributed by atoms with van der Waals surface area (Å²) in [5, 5.41) is 10.5. The van der Waals surface area contributed by atoms with E-state index in [9.17, 15) is 9.50 Å². The maximum Gasteiger partial charge on any atom is 0.165 e. The fourth-order valence-electron chi connectivity index (χ4n) is 2.35. The first kappa shape index (κ1) is 14.0. The second kappa shape index (κ2) is 5.84. The Morgan fingerprint density at radius 2 is 1.81 bits per heavy atom. The fraction of sp³-hybridized carbons (Fsp3) is 0.188. The number of halogens is 2. The van der Waals surface area contributed by atoms with Gasteiger partial charge in [-0.2, -0.15) is 0 Å². The van der Waals surface area contributed by atoms with E-state index in [-0.39, 0.29) is 5.82 Å². The number of β-amino-alcohol motifs (C(OH)–C–C–N with tert-alkyl or cyclic N) is 1. The van der Waals surface area contributed by atoms with Gasteiger partial charge in [0.25, 0.3) is 0 Å². The number of aliphatic imine (C=N–C) groups is 1. The molecule has 0 saturated carbocycles. The third-order valence-corrected chi connectivity index (χ3v) is 3.62. The van der Waals surface area contributed by atoms with Crippen molar-refractivity contribution in [2.75, 3.05) is 11.4 Å². The molecule has 0 bridgehead atoms. The van der Waals surface area contributed by atoms with E-state index in [4.69, 9.17) is 11.6 Å². The quantitative estimate of drug-likeness (QED) is 0.945. The highest BCUT2D eigenvalue weighted by Gasteiger charge is 2.24. The molecule has 0 fully saturated rings. The summed E-state index contributed by atoms with van der Waals surface area (Å²) in [6.07, 6.45) is -0.198. The molecule has 1 aliphatic rings. The molecule has 0 amide bonds. The van der Waals surface area contributed by atoms with E-state index < -0.39 is 6.23 Å². The molecule has 2 aromatic carbocycles. The van der Waals surface area contributed by atoms with Crippen LogP contribution in [0.2, 0.25) is 5.02 Å². The van der Waals surface area contributed by atoms with Gasteiger partial charge in [-0.1, -0.05) is 23.7 Å².